The summed E-state index contributed by atoms with van der Waals surface area (Å²) in [6.07, 6.45) is 7.74. The van der Waals surface area contributed by atoms with Gasteiger partial charge in [0.15, 0.2) is 0 Å². The Morgan fingerprint density at radius 3 is 2.81 bits per heavy atom. The van der Waals surface area contributed by atoms with E-state index in [1.807, 2.05) is 4.90 Å². The van der Waals surface area contributed by atoms with Crippen LogP contribution >= 0.6 is 0 Å². The molecule has 1 saturated heterocycles. The number of nitrogens with one attached hydrogen (secondary N) is 1. The highest BCUT2D eigenvalue weighted by atomic mass is 16.2. The van der Waals surface area contributed by atoms with E-state index in [0.717, 1.165) is 45.4 Å². The standard InChI is InChI=1S/C17H23N3O/c21-17(20-12-5-6-13-20)18-10-14-19-11-4-3-8-15-7-1-2-9-16(15)19/h1-3,7-9H,4-6,10-14H2,(H,18,21). The summed E-state index contributed by atoms with van der Waals surface area (Å²) in [5, 5.41) is 3.05. The number of amides is 2. The maximum atomic E-state index is 12.0. The van der Waals surface area contributed by atoms with Gasteiger partial charge in [-0.2, -0.15) is 0 Å². The molecule has 21 heavy (non-hydrogen) atoms. The number of likely N-dealkylation sites (tertiary alicyclic amines) is 1. The quantitative estimate of drug-likeness (QED) is 0.927. The summed E-state index contributed by atoms with van der Waals surface area (Å²) in [6, 6.07) is 8.55. The summed E-state index contributed by atoms with van der Waals surface area (Å²) in [7, 11) is 0. The number of rotatable bonds is 3. The molecule has 0 spiro atoms. The van der Waals surface area contributed by atoms with Crippen LogP contribution in [0, 0.1) is 0 Å². The molecule has 0 atom stereocenters. The number of para-hydroxylation sites is 1. The van der Waals surface area contributed by atoms with Crippen molar-refractivity contribution in [3.05, 3.63) is 35.9 Å². The van der Waals surface area contributed by atoms with Crippen molar-refractivity contribution >= 4 is 17.8 Å². The van der Waals surface area contributed by atoms with Crippen molar-refractivity contribution in [2.75, 3.05) is 37.6 Å². The lowest BCUT2D eigenvalue weighted by Gasteiger charge is -2.25. The summed E-state index contributed by atoms with van der Waals surface area (Å²) in [5.41, 5.74) is 2.53. The molecule has 0 radical (unpaired) electrons. The Labute approximate surface area is 126 Å². The van der Waals surface area contributed by atoms with Crippen LogP contribution in [-0.2, 0) is 0 Å². The zero-order chi connectivity index (χ0) is 14.5. The van der Waals surface area contributed by atoms with Gasteiger partial charge >= 0.3 is 6.03 Å². The van der Waals surface area contributed by atoms with Gasteiger partial charge in [0.05, 0.1) is 0 Å². The number of hydrogen-bond donors (Lipinski definition) is 1. The summed E-state index contributed by atoms with van der Waals surface area (Å²) < 4.78 is 0. The lowest BCUT2D eigenvalue weighted by Crippen LogP contribution is -2.42. The maximum Gasteiger partial charge on any atom is 0.317 e. The van der Waals surface area contributed by atoms with Gasteiger partial charge in [0, 0.05) is 38.4 Å². The average molecular weight is 285 g/mol. The molecule has 1 fully saturated rings. The fraction of sp³-hybridized carbons (Fsp3) is 0.471. The van der Waals surface area contributed by atoms with Crippen LogP contribution < -0.4 is 10.2 Å². The van der Waals surface area contributed by atoms with Gasteiger partial charge in [0.2, 0.25) is 0 Å². The van der Waals surface area contributed by atoms with E-state index < -0.39 is 0 Å². The molecular formula is C17H23N3O. The smallest absolute Gasteiger partial charge is 0.317 e. The minimum absolute atomic E-state index is 0.0914. The van der Waals surface area contributed by atoms with Crippen LogP contribution in [0.2, 0.25) is 0 Å². The minimum atomic E-state index is 0.0914. The maximum absolute atomic E-state index is 12.0. The van der Waals surface area contributed by atoms with Gasteiger partial charge in [0.1, 0.15) is 0 Å². The van der Waals surface area contributed by atoms with E-state index in [9.17, 15) is 4.79 Å². The molecule has 0 aromatic heterocycles. The van der Waals surface area contributed by atoms with E-state index in [0.29, 0.717) is 6.54 Å². The van der Waals surface area contributed by atoms with Gasteiger partial charge < -0.3 is 15.1 Å². The molecule has 2 aliphatic heterocycles. The van der Waals surface area contributed by atoms with Crippen LogP contribution in [0.5, 0.6) is 0 Å². The van der Waals surface area contributed by atoms with E-state index in [-0.39, 0.29) is 6.03 Å². The number of fused-ring (bicyclic) bond motifs is 1. The zero-order valence-corrected chi connectivity index (χ0v) is 12.4. The van der Waals surface area contributed by atoms with Crippen molar-refractivity contribution in [1.82, 2.24) is 10.2 Å². The van der Waals surface area contributed by atoms with Crippen molar-refractivity contribution in [3.63, 3.8) is 0 Å². The summed E-state index contributed by atoms with van der Waals surface area (Å²) in [6.45, 7) is 4.37. The molecule has 4 nitrogen and oxygen atoms in total. The van der Waals surface area contributed by atoms with Gasteiger partial charge in [-0.1, -0.05) is 30.4 Å². The number of benzene rings is 1. The molecule has 1 aromatic carbocycles. The third kappa shape index (κ3) is 3.38. The predicted molar refractivity (Wildman–Crippen MR) is 86.5 cm³/mol. The highest BCUT2D eigenvalue weighted by Gasteiger charge is 2.18. The summed E-state index contributed by atoms with van der Waals surface area (Å²) >= 11 is 0. The van der Waals surface area contributed by atoms with Crippen molar-refractivity contribution in [2.24, 2.45) is 0 Å². The fourth-order valence-corrected chi connectivity index (χ4v) is 3.04. The Morgan fingerprint density at radius 1 is 1.14 bits per heavy atom. The first kappa shape index (κ1) is 14.0. The Bertz CT molecular complexity index is 521. The molecule has 0 unspecified atom stereocenters. The average Bonchev–Trinajstić information content (AvgIpc) is 2.97. The van der Waals surface area contributed by atoms with Crippen molar-refractivity contribution in [3.8, 4) is 0 Å². The first-order valence-corrected chi connectivity index (χ1v) is 7.88. The van der Waals surface area contributed by atoms with Crippen LogP contribution in [0.25, 0.3) is 6.08 Å². The number of urea groups is 1. The number of carbonyl (C=O) groups is 1. The lowest BCUT2D eigenvalue weighted by molar-refractivity contribution is 0.209. The van der Waals surface area contributed by atoms with E-state index >= 15 is 0 Å². The lowest BCUT2D eigenvalue weighted by atomic mass is 10.1. The number of hydrogen-bond acceptors (Lipinski definition) is 2. The van der Waals surface area contributed by atoms with E-state index in [2.05, 4.69) is 46.6 Å². The van der Waals surface area contributed by atoms with Crippen LogP contribution in [0.4, 0.5) is 10.5 Å². The third-order valence-corrected chi connectivity index (χ3v) is 4.19. The Hall–Kier alpha value is -1.97. The normalized spacial score (nSPS) is 17.5. The Kier molecular flexibility index (Phi) is 4.43. The molecule has 4 heteroatoms. The molecule has 2 aliphatic rings. The van der Waals surface area contributed by atoms with Gasteiger partial charge in [-0.05, 0) is 30.9 Å². The number of carbonyl (C=O) groups excluding carboxylic acids is 1. The monoisotopic (exact) mass is 285 g/mol. The molecule has 0 aliphatic carbocycles. The molecule has 3 rings (SSSR count). The van der Waals surface area contributed by atoms with Crippen LogP contribution in [-0.4, -0.2) is 43.7 Å². The summed E-state index contributed by atoms with van der Waals surface area (Å²) in [4.78, 5) is 16.3. The van der Waals surface area contributed by atoms with Gasteiger partial charge in [-0.15, -0.1) is 0 Å². The first-order valence-electron chi connectivity index (χ1n) is 7.88. The van der Waals surface area contributed by atoms with E-state index in [1.54, 1.807) is 0 Å². The van der Waals surface area contributed by atoms with Crippen LogP contribution in [0.15, 0.2) is 30.3 Å². The summed E-state index contributed by atoms with van der Waals surface area (Å²) in [5.74, 6) is 0. The molecule has 2 heterocycles. The van der Waals surface area contributed by atoms with Crippen LogP contribution in [0.1, 0.15) is 24.8 Å². The highest BCUT2D eigenvalue weighted by molar-refractivity contribution is 5.74. The van der Waals surface area contributed by atoms with Crippen molar-refractivity contribution in [1.29, 1.82) is 0 Å². The fourth-order valence-electron chi connectivity index (χ4n) is 3.04. The molecule has 2 amide bonds. The molecule has 1 N–H and O–H groups in total. The second-order valence-corrected chi connectivity index (χ2v) is 5.66. The molecule has 0 bridgehead atoms. The topological polar surface area (TPSA) is 35.6 Å². The SMILES string of the molecule is O=C(NCCN1CCC=Cc2ccccc21)N1CCCC1. The number of anilines is 1. The minimum Gasteiger partial charge on any atom is -0.369 e. The molecule has 112 valence electrons. The molecular weight excluding hydrogens is 262 g/mol. The number of nitrogens with zero attached hydrogens (tertiary/aromatic N) is 2. The van der Waals surface area contributed by atoms with E-state index in [1.165, 1.54) is 11.3 Å². The van der Waals surface area contributed by atoms with Crippen molar-refractivity contribution < 1.29 is 4.79 Å². The van der Waals surface area contributed by atoms with Crippen LogP contribution in [0.3, 0.4) is 0 Å². The third-order valence-electron chi connectivity index (χ3n) is 4.19. The first-order chi connectivity index (χ1) is 10.3. The Morgan fingerprint density at radius 2 is 1.95 bits per heavy atom. The second-order valence-electron chi connectivity index (χ2n) is 5.66. The largest absolute Gasteiger partial charge is 0.369 e. The predicted octanol–water partition coefficient (Wildman–Crippen LogP) is 2.72. The molecule has 0 saturated carbocycles. The highest BCUT2D eigenvalue weighted by Crippen LogP contribution is 2.24. The Balaban J connectivity index is 1.55. The van der Waals surface area contributed by atoms with Gasteiger partial charge in [-0.25, -0.2) is 4.79 Å². The van der Waals surface area contributed by atoms with Gasteiger partial charge in [0.25, 0.3) is 0 Å². The second kappa shape index (κ2) is 6.66. The zero-order valence-electron chi connectivity index (χ0n) is 12.4. The molecule has 1 aromatic rings. The van der Waals surface area contributed by atoms with Crippen molar-refractivity contribution in [2.45, 2.75) is 19.3 Å². The van der Waals surface area contributed by atoms with E-state index in [4.69, 9.17) is 0 Å². The van der Waals surface area contributed by atoms with Gasteiger partial charge in [-0.3, -0.25) is 0 Å².